The summed E-state index contributed by atoms with van der Waals surface area (Å²) < 4.78 is 5.79. The minimum Gasteiger partial charge on any atom is -0.465 e. The maximum Gasteiger partial charge on any atom is 0.341 e. The smallest absolute Gasteiger partial charge is 0.341 e. The van der Waals surface area contributed by atoms with E-state index in [0.717, 1.165) is 15.6 Å². The van der Waals surface area contributed by atoms with Gasteiger partial charge < -0.3 is 10.1 Å². The number of amides is 1. The van der Waals surface area contributed by atoms with Crippen LogP contribution in [0.15, 0.2) is 34.1 Å². The monoisotopic (exact) mass is 401 g/mol. The molecule has 0 spiro atoms. The molecule has 1 aromatic carbocycles. The number of hydrogen-bond acceptors (Lipinski definition) is 4. The van der Waals surface area contributed by atoms with Crippen LogP contribution in [0.5, 0.6) is 0 Å². The summed E-state index contributed by atoms with van der Waals surface area (Å²) in [5.74, 6) is -0.491. The van der Waals surface area contributed by atoms with Crippen molar-refractivity contribution in [2.75, 3.05) is 18.3 Å². The molecule has 2 aromatic rings. The van der Waals surface area contributed by atoms with Crippen molar-refractivity contribution in [3.63, 3.8) is 0 Å². The predicted octanol–water partition coefficient (Wildman–Crippen LogP) is 4.53. The summed E-state index contributed by atoms with van der Waals surface area (Å²) in [4.78, 5) is 23.8. The number of thiophene rings is 1. The van der Waals surface area contributed by atoms with Gasteiger partial charge in [-0.25, -0.2) is 4.79 Å². The quantitative estimate of drug-likeness (QED) is 0.590. The molecular formula is C15H13BrClNO3S. The number of ether oxygens (including phenoxy) is 1. The van der Waals surface area contributed by atoms with Gasteiger partial charge in [-0.05, 0) is 17.7 Å². The number of rotatable bonds is 5. The Morgan fingerprint density at radius 2 is 2.00 bits per heavy atom. The van der Waals surface area contributed by atoms with Crippen LogP contribution in [0.2, 0.25) is 0 Å². The molecule has 0 aliphatic carbocycles. The third-order valence-corrected chi connectivity index (χ3v) is 4.52. The van der Waals surface area contributed by atoms with E-state index < -0.39 is 5.97 Å². The molecule has 116 valence electrons. The summed E-state index contributed by atoms with van der Waals surface area (Å²) in [5, 5.41) is 5.01. The van der Waals surface area contributed by atoms with Gasteiger partial charge in [-0.3, -0.25) is 4.79 Å². The fraction of sp³-hybridized carbons (Fsp3) is 0.200. The van der Waals surface area contributed by atoms with E-state index in [-0.39, 0.29) is 18.2 Å². The molecule has 0 unspecified atom stereocenters. The Balaban J connectivity index is 2.42. The first kappa shape index (κ1) is 17.0. The minimum atomic E-state index is -0.486. The van der Waals surface area contributed by atoms with Crippen LogP contribution in [-0.2, 0) is 9.53 Å². The van der Waals surface area contributed by atoms with Crippen molar-refractivity contribution in [1.29, 1.82) is 0 Å². The summed E-state index contributed by atoms with van der Waals surface area (Å²) in [7, 11) is 1.32. The van der Waals surface area contributed by atoms with Gasteiger partial charge in [-0.15, -0.1) is 22.9 Å². The number of halogens is 2. The highest BCUT2D eigenvalue weighted by Gasteiger charge is 2.22. The zero-order valence-electron chi connectivity index (χ0n) is 11.7. The highest BCUT2D eigenvalue weighted by Crippen LogP contribution is 2.36. The molecule has 7 heteroatoms. The van der Waals surface area contributed by atoms with Crippen molar-refractivity contribution in [3.8, 4) is 11.1 Å². The zero-order valence-corrected chi connectivity index (χ0v) is 14.8. The number of methoxy groups -OCH3 is 1. The van der Waals surface area contributed by atoms with Crippen molar-refractivity contribution in [1.82, 2.24) is 0 Å². The Kier molecular flexibility index (Phi) is 5.99. The standard InChI is InChI=1S/C15H13BrClNO3S/c1-21-15(20)13-11(9-2-4-10(16)5-3-9)8-22-14(13)18-12(19)6-7-17/h2-5,8H,6-7H2,1H3,(H,18,19). The van der Waals surface area contributed by atoms with Gasteiger partial charge in [0.25, 0.3) is 0 Å². The van der Waals surface area contributed by atoms with E-state index in [0.29, 0.717) is 10.6 Å². The highest BCUT2D eigenvalue weighted by molar-refractivity contribution is 9.10. The SMILES string of the molecule is COC(=O)c1c(-c2ccc(Br)cc2)csc1NC(=O)CCCl. The van der Waals surface area contributed by atoms with Gasteiger partial charge in [-0.1, -0.05) is 28.1 Å². The third kappa shape index (κ3) is 3.88. The van der Waals surface area contributed by atoms with Crippen molar-refractivity contribution in [2.24, 2.45) is 0 Å². The number of carbonyl (C=O) groups is 2. The Bertz CT molecular complexity index is 685. The number of anilines is 1. The molecule has 0 fully saturated rings. The largest absolute Gasteiger partial charge is 0.465 e. The average Bonchev–Trinajstić information content (AvgIpc) is 2.91. The zero-order chi connectivity index (χ0) is 16.1. The lowest BCUT2D eigenvalue weighted by Crippen LogP contribution is -2.14. The van der Waals surface area contributed by atoms with Gasteiger partial charge in [-0.2, -0.15) is 0 Å². The molecule has 2 rings (SSSR count). The number of nitrogens with one attached hydrogen (secondary N) is 1. The molecule has 1 aromatic heterocycles. The van der Waals surface area contributed by atoms with Crippen LogP contribution < -0.4 is 5.32 Å². The molecule has 0 saturated carbocycles. The number of alkyl halides is 1. The van der Waals surface area contributed by atoms with Gasteiger partial charge in [0.15, 0.2) is 0 Å². The normalized spacial score (nSPS) is 10.3. The first-order valence-corrected chi connectivity index (χ1v) is 8.59. The lowest BCUT2D eigenvalue weighted by molar-refractivity contribution is -0.115. The fourth-order valence-electron chi connectivity index (χ4n) is 1.87. The van der Waals surface area contributed by atoms with Crippen LogP contribution in [-0.4, -0.2) is 24.9 Å². The first-order chi connectivity index (χ1) is 10.6. The molecule has 1 N–H and O–H groups in total. The minimum absolute atomic E-state index is 0.188. The molecule has 1 heterocycles. The van der Waals surface area contributed by atoms with Gasteiger partial charge in [0.2, 0.25) is 5.91 Å². The third-order valence-electron chi connectivity index (χ3n) is 2.91. The second-order valence-corrected chi connectivity index (χ2v) is 6.51. The predicted molar refractivity (Wildman–Crippen MR) is 92.8 cm³/mol. The van der Waals surface area contributed by atoms with Gasteiger partial charge >= 0.3 is 5.97 Å². The van der Waals surface area contributed by atoms with E-state index in [2.05, 4.69) is 21.2 Å². The second kappa shape index (κ2) is 7.76. The van der Waals surface area contributed by atoms with E-state index in [1.807, 2.05) is 29.6 Å². The lowest BCUT2D eigenvalue weighted by atomic mass is 10.0. The number of carbonyl (C=O) groups excluding carboxylic acids is 2. The topological polar surface area (TPSA) is 55.4 Å². The highest BCUT2D eigenvalue weighted by atomic mass is 79.9. The lowest BCUT2D eigenvalue weighted by Gasteiger charge is -2.07. The van der Waals surface area contributed by atoms with Crippen molar-refractivity contribution < 1.29 is 14.3 Å². The molecule has 0 aliphatic rings. The Morgan fingerprint density at radius 1 is 1.32 bits per heavy atom. The van der Waals surface area contributed by atoms with E-state index in [9.17, 15) is 9.59 Å². The summed E-state index contributed by atoms with van der Waals surface area (Å²) >= 11 is 10.2. The maximum absolute atomic E-state index is 12.1. The van der Waals surface area contributed by atoms with Gasteiger partial charge in [0, 0.05) is 27.7 Å². The number of benzene rings is 1. The first-order valence-electron chi connectivity index (χ1n) is 6.38. The van der Waals surface area contributed by atoms with E-state index >= 15 is 0 Å². The van der Waals surface area contributed by atoms with Crippen LogP contribution in [0, 0.1) is 0 Å². The Hall–Kier alpha value is -1.37. The molecule has 0 aliphatic heterocycles. The molecule has 0 bridgehead atoms. The fourth-order valence-corrected chi connectivity index (χ4v) is 3.28. The Labute approximate surface area is 145 Å². The van der Waals surface area contributed by atoms with E-state index in [1.54, 1.807) is 0 Å². The van der Waals surface area contributed by atoms with Crippen LogP contribution in [0.25, 0.3) is 11.1 Å². The summed E-state index contributed by atoms with van der Waals surface area (Å²) in [5.41, 5.74) is 1.96. The second-order valence-electron chi connectivity index (χ2n) is 4.34. The molecule has 0 atom stereocenters. The molecule has 1 amide bonds. The molecule has 0 saturated heterocycles. The van der Waals surface area contributed by atoms with Crippen molar-refractivity contribution in [2.45, 2.75) is 6.42 Å². The van der Waals surface area contributed by atoms with Gasteiger partial charge in [0.05, 0.1) is 7.11 Å². The van der Waals surface area contributed by atoms with Crippen molar-refractivity contribution in [3.05, 3.63) is 39.7 Å². The molecule has 0 radical (unpaired) electrons. The molecule has 4 nitrogen and oxygen atoms in total. The number of hydrogen-bond donors (Lipinski definition) is 1. The van der Waals surface area contributed by atoms with Crippen LogP contribution >= 0.6 is 38.9 Å². The van der Waals surface area contributed by atoms with Crippen molar-refractivity contribution >= 4 is 55.7 Å². The maximum atomic E-state index is 12.1. The van der Waals surface area contributed by atoms with Crippen LogP contribution in [0.1, 0.15) is 16.8 Å². The van der Waals surface area contributed by atoms with Gasteiger partial charge in [0.1, 0.15) is 10.6 Å². The van der Waals surface area contributed by atoms with Crippen LogP contribution in [0.4, 0.5) is 5.00 Å². The Morgan fingerprint density at radius 3 is 2.59 bits per heavy atom. The summed E-state index contributed by atoms with van der Waals surface area (Å²) in [6, 6.07) is 7.56. The van der Waals surface area contributed by atoms with Crippen LogP contribution in [0.3, 0.4) is 0 Å². The summed E-state index contributed by atoms with van der Waals surface area (Å²) in [6.07, 6.45) is 0.188. The summed E-state index contributed by atoms with van der Waals surface area (Å²) in [6.45, 7) is 0. The molecular weight excluding hydrogens is 390 g/mol. The van der Waals surface area contributed by atoms with E-state index in [4.69, 9.17) is 16.3 Å². The average molecular weight is 403 g/mol. The number of esters is 1. The van der Waals surface area contributed by atoms with E-state index in [1.165, 1.54) is 18.4 Å². The molecule has 22 heavy (non-hydrogen) atoms.